The summed E-state index contributed by atoms with van der Waals surface area (Å²) >= 11 is 0. The largest absolute Gasteiger partial charge is 0.324 e. The Morgan fingerprint density at radius 2 is 2.05 bits per heavy atom. The number of hydrogen-bond donors (Lipinski definition) is 1. The van der Waals surface area contributed by atoms with E-state index < -0.39 is 0 Å². The van der Waals surface area contributed by atoms with Crippen LogP contribution in [0.25, 0.3) is 0 Å². The number of hydrogen-bond acceptors (Lipinski definition) is 2. The maximum Gasteiger partial charge on any atom is 0.0309 e. The lowest BCUT2D eigenvalue weighted by Crippen LogP contribution is -2.26. The second kappa shape index (κ2) is 6.53. The van der Waals surface area contributed by atoms with Crippen LogP contribution in [-0.4, -0.2) is 24.5 Å². The van der Waals surface area contributed by atoms with Crippen molar-refractivity contribution in [2.75, 3.05) is 19.6 Å². The average molecular weight is 260 g/mol. The highest BCUT2D eigenvalue weighted by atomic mass is 15.1. The Kier molecular flexibility index (Phi) is 5.00. The van der Waals surface area contributed by atoms with Gasteiger partial charge in [0.2, 0.25) is 0 Å². The average Bonchev–Trinajstić information content (AvgIpc) is 2.85. The van der Waals surface area contributed by atoms with E-state index in [1.54, 1.807) is 0 Å². The molecular weight excluding hydrogens is 232 g/mol. The van der Waals surface area contributed by atoms with Crippen molar-refractivity contribution in [3.8, 4) is 0 Å². The molecule has 0 amide bonds. The molecular formula is C17H28N2. The predicted octanol–water partition coefficient (Wildman–Crippen LogP) is 3.36. The van der Waals surface area contributed by atoms with Crippen LogP contribution in [0.1, 0.15) is 43.9 Å². The molecule has 106 valence electrons. The SMILES string of the molecule is Cc1ccccc1C(N)CCN1CCC(C(C)C)C1. The first-order chi connectivity index (χ1) is 9.08. The molecule has 2 N–H and O–H groups in total. The first kappa shape index (κ1) is 14.5. The summed E-state index contributed by atoms with van der Waals surface area (Å²) in [5, 5.41) is 0. The molecule has 0 radical (unpaired) electrons. The van der Waals surface area contributed by atoms with Gasteiger partial charge in [0, 0.05) is 12.6 Å². The first-order valence-electron chi connectivity index (χ1n) is 7.61. The number of nitrogens with zero attached hydrogens (tertiary/aromatic N) is 1. The maximum absolute atomic E-state index is 6.34. The summed E-state index contributed by atoms with van der Waals surface area (Å²) < 4.78 is 0. The number of rotatable bonds is 5. The van der Waals surface area contributed by atoms with Crippen LogP contribution >= 0.6 is 0 Å². The molecule has 1 aliphatic rings. The van der Waals surface area contributed by atoms with Crippen molar-refractivity contribution in [3.63, 3.8) is 0 Å². The van der Waals surface area contributed by atoms with Crippen molar-refractivity contribution in [3.05, 3.63) is 35.4 Å². The summed E-state index contributed by atoms with van der Waals surface area (Å²) in [5.74, 6) is 1.70. The molecule has 1 heterocycles. The lowest BCUT2D eigenvalue weighted by atomic mass is 9.95. The molecule has 0 aromatic heterocycles. The van der Waals surface area contributed by atoms with Gasteiger partial charge in [0.1, 0.15) is 0 Å². The summed E-state index contributed by atoms with van der Waals surface area (Å²) in [6.07, 6.45) is 2.42. The minimum atomic E-state index is 0.180. The molecule has 1 aliphatic heterocycles. The zero-order valence-corrected chi connectivity index (χ0v) is 12.6. The quantitative estimate of drug-likeness (QED) is 0.879. The number of aryl methyl sites for hydroxylation is 1. The van der Waals surface area contributed by atoms with Crippen LogP contribution in [0.2, 0.25) is 0 Å². The van der Waals surface area contributed by atoms with E-state index in [9.17, 15) is 0 Å². The minimum absolute atomic E-state index is 0.180. The van der Waals surface area contributed by atoms with Crippen LogP contribution in [0.5, 0.6) is 0 Å². The molecule has 2 atom stereocenters. The fourth-order valence-electron chi connectivity index (χ4n) is 3.09. The third-order valence-electron chi connectivity index (χ3n) is 4.60. The lowest BCUT2D eigenvalue weighted by molar-refractivity contribution is 0.292. The van der Waals surface area contributed by atoms with Gasteiger partial charge in [-0.2, -0.15) is 0 Å². The summed E-state index contributed by atoms with van der Waals surface area (Å²) in [6.45, 7) is 10.5. The molecule has 1 saturated heterocycles. The molecule has 2 unspecified atom stereocenters. The van der Waals surface area contributed by atoms with E-state index in [1.807, 2.05) is 0 Å². The molecule has 1 aromatic rings. The van der Waals surface area contributed by atoms with Gasteiger partial charge in [0.25, 0.3) is 0 Å². The van der Waals surface area contributed by atoms with Crippen molar-refractivity contribution < 1.29 is 0 Å². The summed E-state index contributed by atoms with van der Waals surface area (Å²) in [6, 6.07) is 8.67. The van der Waals surface area contributed by atoms with Gasteiger partial charge < -0.3 is 10.6 Å². The lowest BCUT2D eigenvalue weighted by Gasteiger charge is -2.21. The summed E-state index contributed by atoms with van der Waals surface area (Å²) in [4.78, 5) is 2.59. The van der Waals surface area contributed by atoms with E-state index >= 15 is 0 Å². The standard InChI is InChI=1S/C17H28N2/c1-13(2)15-8-10-19(12-15)11-9-17(18)16-7-5-4-6-14(16)3/h4-7,13,15,17H,8-12,18H2,1-3H3. The van der Waals surface area contributed by atoms with Crippen LogP contribution in [0.3, 0.4) is 0 Å². The van der Waals surface area contributed by atoms with E-state index in [4.69, 9.17) is 5.73 Å². The Morgan fingerprint density at radius 3 is 2.68 bits per heavy atom. The van der Waals surface area contributed by atoms with Gasteiger partial charge >= 0.3 is 0 Å². The maximum atomic E-state index is 6.34. The topological polar surface area (TPSA) is 29.3 Å². The Labute approximate surface area is 118 Å². The molecule has 0 spiro atoms. The van der Waals surface area contributed by atoms with Crippen molar-refractivity contribution >= 4 is 0 Å². The zero-order chi connectivity index (χ0) is 13.8. The molecule has 1 fully saturated rings. The Morgan fingerprint density at radius 1 is 1.32 bits per heavy atom. The van der Waals surface area contributed by atoms with Crippen LogP contribution in [-0.2, 0) is 0 Å². The normalized spacial score (nSPS) is 22.1. The molecule has 0 saturated carbocycles. The molecule has 2 rings (SSSR count). The van der Waals surface area contributed by atoms with Crippen LogP contribution < -0.4 is 5.73 Å². The third kappa shape index (κ3) is 3.80. The van der Waals surface area contributed by atoms with Gasteiger partial charge in [-0.15, -0.1) is 0 Å². The number of likely N-dealkylation sites (tertiary alicyclic amines) is 1. The molecule has 1 aromatic carbocycles. The molecule has 2 heteroatoms. The van der Waals surface area contributed by atoms with Crippen molar-refractivity contribution in [1.82, 2.24) is 4.90 Å². The highest BCUT2D eigenvalue weighted by Crippen LogP contribution is 2.25. The van der Waals surface area contributed by atoms with E-state index in [2.05, 4.69) is 49.9 Å². The highest BCUT2D eigenvalue weighted by molar-refractivity contribution is 5.28. The Balaban J connectivity index is 1.82. The van der Waals surface area contributed by atoms with Gasteiger partial charge in [0.05, 0.1) is 0 Å². The number of nitrogens with two attached hydrogens (primary N) is 1. The Hall–Kier alpha value is -0.860. The molecule has 2 nitrogen and oxygen atoms in total. The van der Waals surface area contributed by atoms with Gasteiger partial charge in [-0.3, -0.25) is 0 Å². The van der Waals surface area contributed by atoms with E-state index in [0.29, 0.717) is 0 Å². The van der Waals surface area contributed by atoms with Crippen LogP contribution in [0, 0.1) is 18.8 Å². The third-order valence-corrected chi connectivity index (χ3v) is 4.60. The monoisotopic (exact) mass is 260 g/mol. The van der Waals surface area contributed by atoms with E-state index in [0.717, 1.165) is 24.8 Å². The second-order valence-corrected chi connectivity index (χ2v) is 6.35. The van der Waals surface area contributed by atoms with Crippen molar-refractivity contribution in [2.45, 2.75) is 39.7 Å². The van der Waals surface area contributed by atoms with Crippen molar-refractivity contribution in [2.24, 2.45) is 17.6 Å². The predicted molar refractivity (Wildman–Crippen MR) is 82.1 cm³/mol. The van der Waals surface area contributed by atoms with Crippen LogP contribution in [0.15, 0.2) is 24.3 Å². The highest BCUT2D eigenvalue weighted by Gasteiger charge is 2.24. The smallest absolute Gasteiger partial charge is 0.0309 e. The fraction of sp³-hybridized carbons (Fsp3) is 0.647. The fourth-order valence-corrected chi connectivity index (χ4v) is 3.09. The van der Waals surface area contributed by atoms with Gasteiger partial charge in [-0.25, -0.2) is 0 Å². The van der Waals surface area contributed by atoms with E-state index in [-0.39, 0.29) is 6.04 Å². The number of benzene rings is 1. The molecule has 0 bridgehead atoms. The molecule has 19 heavy (non-hydrogen) atoms. The van der Waals surface area contributed by atoms with Gasteiger partial charge in [0.15, 0.2) is 0 Å². The van der Waals surface area contributed by atoms with E-state index in [1.165, 1.54) is 30.6 Å². The summed E-state index contributed by atoms with van der Waals surface area (Å²) in [7, 11) is 0. The minimum Gasteiger partial charge on any atom is -0.324 e. The zero-order valence-electron chi connectivity index (χ0n) is 12.6. The van der Waals surface area contributed by atoms with Gasteiger partial charge in [-0.1, -0.05) is 38.1 Å². The van der Waals surface area contributed by atoms with Crippen LogP contribution in [0.4, 0.5) is 0 Å². The van der Waals surface area contributed by atoms with Gasteiger partial charge in [-0.05, 0) is 55.8 Å². The Bertz CT molecular complexity index is 400. The second-order valence-electron chi connectivity index (χ2n) is 6.35. The van der Waals surface area contributed by atoms with Crippen molar-refractivity contribution in [1.29, 1.82) is 0 Å². The molecule has 0 aliphatic carbocycles. The first-order valence-corrected chi connectivity index (χ1v) is 7.61. The summed E-state index contributed by atoms with van der Waals surface area (Å²) in [5.41, 5.74) is 8.97.